The molecule has 0 saturated carbocycles. The molecule has 20 heavy (non-hydrogen) atoms. The van der Waals surface area contributed by atoms with Crippen LogP contribution in [0.3, 0.4) is 0 Å². The molecule has 1 heteroatoms. The van der Waals surface area contributed by atoms with Gasteiger partial charge in [-0.2, -0.15) is 0 Å². The highest BCUT2D eigenvalue weighted by atomic mass is 14.9. The first-order valence-corrected chi connectivity index (χ1v) is 6.82. The Balaban J connectivity index is 2.03. The highest BCUT2D eigenvalue weighted by Crippen LogP contribution is 2.31. The zero-order valence-electron chi connectivity index (χ0n) is 11.5. The maximum atomic E-state index is 3.50. The van der Waals surface area contributed by atoms with Gasteiger partial charge in [-0.3, -0.25) is 0 Å². The Morgan fingerprint density at radius 3 is 1.95 bits per heavy atom. The summed E-state index contributed by atoms with van der Waals surface area (Å²) in [7, 11) is 0. The second kappa shape index (κ2) is 5.62. The summed E-state index contributed by atoms with van der Waals surface area (Å²) in [5.74, 6) is 0. The van der Waals surface area contributed by atoms with E-state index < -0.39 is 0 Å². The smallest absolute Gasteiger partial charge is 0.0464 e. The van der Waals surface area contributed by atoms with Crippen LogP contribution in [0.1, 0.15) is 5.56 Å². The van der Waals surface area contributed by atoms with E-state index in [1.165, 1.54) is 16.7 Å². The first-order valence-electron chi connectivity index (χ1n) is 6.82. The molecule has 1 N–H and O–H groups in total. The third-order valence-electron chi connectivity index (χ3n) is 3.42. The van der Waals surface area contributed by atoms with Crippen LogP contribution in [0.4, 0.5) is 11.4 Å². The van der Waals surface area contributed by atoms with E-state index in [0.717, 1.165) is 11.4 Å². The molecule has 0 aliphatic carbocycles. The van der Waals surface area contributed by atoms with E-state index in [0.29, 0.717) is 0 Å². The molecular formula is C19H17N. The third-order valence-corrected chi connectivity index (χ3v) is 3.42. The van der Waals surface area contributed by atoms with Gasteiger partial charge < -0.3 is 5.32 Å². The lowest BCUT2D eigenvalue weighted by Gasteiger charge is -2.14. The molecule has 0 unspecified atom stereocenters. The van der Waals surface area contributed by atoms with Crippen LogP contribution in [0.5, 0.6) is 0 Å². The van der Waals surface area contributed by atoms with E-state index in [-0.39, 0.29) is 0 Å². The minimum atomic E-state index is 1.11. The van der Waals surface area contributed by atoms with E-state index in [1.54, 1.807) is 0 Å². The predicted molar refractivity (Wildman–Crippen MR) is 86.3 cm³/mol. The lowest BCUT2D eigenvalue weighted by atomic mass is 9.99. The molecule has 3 aromatic rings. The van der Waals surface area contributed by atoms with Gasteiger partial charge in [-0.1, -0.05) is 60.7 Å². The SMILES string of the molecule is Cc1ccccc1-c1ccccc1Nc1ccccc1. The van der Waals surface area contributed by atoms with Crippen molar-refractivity contribution in [3.8, 4) is 11.1 Å². The molecule has 0 aromatic heterocycles. The van der Waals surface area contributed by atoms with E-state index >= 15 is 0 Å². The standard InChI is InChI=1S/C19H17N/c1-15-9-5-6-12-17(15)18-13-7-8-14-19(18)20-16-10-3-2-4-11-16/h2-14,20H,1H3. The van der Waals surface area contributed by atoms with Gasteiger partial charge in [0.2, 0.25) is 0 Å². The summed E-state index contributed by atoms with van der Waals surface area (Å²) in [5, 5.41) is 3.50. The van der Waals surface area contributed by atoms with Crippen molar-refractivity contribution in [2.75, 3.05) is 5.32 Å². The van der Waals surface area contributed by atoms with Crippen LogP contribution in [0.15, 0.2) is 78.9 Å². The molecule has 98 valence electrons. The minimum absolute atomic E-state index is 1.11. The summed E-state index contributed by atoms with van der Waals surface area (Å²) in [5.41, 5.74) is 6.03. The average molecular weight is 259 g/mol. The maximum Gasteiger partial charge on any atom is 0.0464 e. The highest BCUT2D eigenvalue weighted by molar-refractivity contribution is 5.82. The molecule has 3 aromatic carbocycles. The Morgan fingerprint density at radius 1 is 0.600 bits per heavy atom. The molecule has 0 atom stereocenters. The van der Waals surface area contributed by atoms with Gasteiger partial charge in [0.15, 0.2) is 0 Å². The van der Waals surface area contributed by atoms with E-state index in [9.17, 15) is 0 Å². The predicted octanol–water partition coefficient (Wildman–Crippen LogP) is 5.41. The summed E-state index contributed by atoms with van der Waals surface area (Å²) in [6.45, 7) is 2.15. The lowest BCUT2D eigenvalue weighted by Crippen LogP contribution is -1.93. The number of rotatable bonds is 3. The number of hydrogen-bond acceptors (Lipinski definition) is 1. The van der Waals surface area contributed by atoms with Crippen molar-refractivity contribution in [1.82, 2.24) is 0 Å². The number of nitrogens with one attached hydrogen (secondary N) is 1. The summed E-state index contributed by atoms with van der Waals surface area (Å²) in [6.07, 6.45) is 0. The molecule has 3 rings (SSSR count). The van der Waals surface area contributed by atoms with Gasteiger partial charge >= 0.3 is 0 Å². The molecule has 0 aliphatic rings. The van der Waals surface area contributed by atoms with Crippen molar-refractivity contribution in [1.29, 1.82) is 0 Å². The van der Waals surface area contributed by atoms with Gasteiger partial charge in [0.05, 0.1) is 0 Å². The quantitative estimate of drug-likeness (QED) is 0.663. The molecular weight excluding hydrogens is 242 g/mol. The van der Waals surface area contributed by atoms with Crippen LogP contribution in [0.2, 0.25) is 0 Å². The molecule has 0 radical (unpaired) electrons. The highest BCUT2D eigenvalue weighted by Gasteiger charge is 2.06. The van der Waals surface area contributed by atoms with Crippen LogP contribution >= 0.6 is 0 Å². The van der Waals surface area contributed by atoms with Crippen LogP contribution in [-0.4, -0.2) is 0 Å². The Kier molecular flexibility index (Phi) is 3.51. The Bertz CT molecular complexity index is 702. The summed E-state index contributed by atoms with van der Waals surface area (Å²) >= 11 is 0. The minimum Gasteiger partial charge on any atom is -0.355 e. The fraction of sp³-hybridized carbons (Fsp3) is 0.0526. The zero-order chi connectivity index (χ0) is 13.8. The van der Waals surface area contributed by atoms with Gasteiger partial charge in [-0.15, -0.1) is 0 Å². The molecule has 0 spiro atoms. The zero-order valence-corrected chi connectivity index (χ0v) is 11.5. The summed E-state index contributed by atoms with van der Waals surface area (Å²) in [6, 6.07) is 27.2. The molecule has 0 aliphatic heterocycles. The number of anilines is 2. The van der Waals surface area contributed by atoms with Crippen LogP contribution in [-0.2, 0) is 0 Å². The largest absolute Gasteiger partial charge is 0.355 e. The first kappa shape index (κ1) is 12.5. The Labute approximate surface area is 119 Å². The van der Waals surface area contributed by atoms with Crippen LogP contribution in [0, 0.1) is 6.92 Å². The first-order chi connectivity index (χ1) is 9.84. The third kappa shape index (κ3) is 2.57. The van der Waals surface area contributed by atoms with Gasteiger partial charge in [0.25, 0.3) is 0 Å². The number of aryl methyl sites for hydroxylation is 1. The maximum absolute atomic E-state index is 3.50. The molecule has 0 fully saturated rings. The molecule has 0 amide bonds. The number of benzene rings is 3. The van der Waals surface area contributed by atoms with Crippen molar-refractivity contribution in [2.45, 2.75) is 6.92 Å². The van der Waals surface area contributed by atoms with E-state index in [4.69, 9.17) is 0 Å². The van der Waals surface area contributed by atoms with Gasteiger partial charge in [-0.05, 0) is 36.2 Å². The lowest BCUT2D eigenvalue weighted by molar-refractivity contribution is 1.45. The second-order valence-electron chi connectivity index (χ2n) is 4.85. The Morgan fingerprint density at radius 2 is 1.20 bits per heavy atom. The number of para-hydroxylation sites is 2. The summed E-state index contributed by atoms with van der Waals surface area (Å²) in [4.78, 5) is 0. The van der Waals surface area contributed by atoms with Crippen molar-refractivity contribution in [2.24, 2.45) is 0 Å². The molecule has 0 bridgehead atoms. The molecule has 0 heterocycles. The van der Waals surface area contributed by atoms with Crippen molar-refractivity contribution < 1.29 is 0 Å². The summed E-state index contributed by atoms with van der Waals surface area (Å²) < 4.78 is 0. The Hall–Kier alpha value is -2.54. The second-order valence-corrected chi connectivity index (χ2v) is 4.85. The van der Waals surface area contributed by atoms with Crippen molar-refractivity contribution in [3.63, 3.8) is 0 Å². The van der Waals surface area contributed by atoms with Gasteiger partial charge in [0.1, 0.15) is 0 Å². The fourth-order valence-corrected chi connectivity index (χ4v) is 2.38. The van der Waals surface area contributed by atoms with Gasteiger partial charge in [0, 0.05) is 16.9 Å². The normalized spacial score (nSPS) is 10.2. The average Bonchev–Trinajstić information content (AvgIpc) is 2.50. The molecule has 0 saturated heterocycles. The number of hydrogen-bond donors (Lipinski definition) is 1. The monoisotopic (exact) mass is 259 g/mol. The fourth-order valence-electron chi connectivity index (χ4n) is 2.38. The van der Waals surface area contributed by atoms with Crippen LogP contribution < -0.4 is 5.32 Å². The van der Waals surface area contributed by atoms with Crippen LogP contribution in [0.25, 0.3) is 11.1 Å². The topological polar surface area (TPSA) is 12.0 Å². The van der Waals surface area contributed by atoms with E-state index in [1.807, 2.05) is 18.2 Å². The van der Waals surface area contributed by atoms with Gasteiger partial charge in [-0.25, -0.2) is 0 Å². The van der Waals surface area contributed by atoms with Crippen molar-refractivity contribution >= 4 is 11.4 Å². The molecule has 1 nitrogen and oxygen atoms in total. The van der Waals surface area contributed by atoms with E-state index in [2.05, 4.69) is 72.9 Å². The van der Waals surface area contributed by atoms with Crippen molar-refractivity contribution in [3.05, 3.63) is 84.4 Å².